The molecule has 0 radical (unpaired) electrons. The summed E-state index contributed by atoms with van der Waals surface area (Å²) in [5.41, 5.74) is 6.12. The summed E-state index contributed by atoms with van der Waals surface area (Å²) in [7, 11) is 1.56. The number of rotatable bonds is 5. The Balaban J connectivity index is 1.82. The SMILES string of the molecule is COc1ccc(C(=O)NNC(=O)COc2cccc(C)c2)cc1I. The molecule has 0 aromatic heterocycles. The maximum Gasteiger partial charge on any atom is 0.276 e. The number of hydrogen-bond acceptors (Lipinski definition) is 4. The Hall–Kier alpha value is -2.29. The number of carbonyl (C=O) groups excluding carboxylic acids is 2. The van der Waals surface area contributed by atoms with E-state index in [1.54, 1.807) is 31.4 Å². The van der Waals surface area contributed by atoms with Crippen molar-refractivity contribution in [2.75, 3.05) is 13.7 Å². The van der Waals surface area contributed by atoms with Crippen molar-refractivity contribution in [2.24, 2.45) is 0 Å². The summed E-state index contributed by atoms with van der Waals surface area (Å²) in [6.45, 7) is 1.74. The number of ether oxygens (including phenoxy) is 2. The molecule has 0 saturated heterocycles. The molecule has 0 saturated carbocycles. The van der Waals surface area contributed by atoms with E-state index in [2.05, 4.69) is 33.4 Å². The quantitative estimate of drug-likeness (QED) is 0.554. The Morgan fingerprint density at radius 2 is 1.92 bits per heavy atom. The lowest BCUT2D eigenvalue weighted by Crippen LogP contribution is -2.43. The van der Waals surface area contributed by atoms with Crippen LogP contribution in [0.3, 0.4) is 0 Å². The van der Waals surface area contributed by atoms with E-state index in [1.807, 2.05) is 25.1 Å². The van der Waals surface area contributed by atoms with Crippen LogP contribution in [0, 0.1) is 10.5 Å². The van der Waals surface area contributed by atoms with Crippen LogP contribution in [0.2, 0.25) is 0 Å². The molecule has 2 aromatic rings. The van der Waals surface area contributed by atoms with E-state index in [0.29, 0.717) is 17.1 Å². The molecular weight excluding hydrogens is 423 g/mol. The van der Waals surface area contributed by atoms with Crippen LogP contribution in [0.5, 0.6) is 11.5 Å². The van der Waals surface area contributed by atoms with Gasteiger partial charge in [0.1, 0.15) is 11.5 Å². The van der Waals surface area contributed by atoms with Crippen molar-refractivity contribution in [2.45, 2.75) is 6.92 Å². The number of benzene rings is 2. The van der Waals surface area contributed by atoms with Gasteiger partial charge in [0.05, 0.1) is 10.7 Å². The van der Waals surface area contributed by atoms with Crippen LogP contribution in [0.4, 0.5) is 0 Å². The molecule has 0 spiro atoms. The van der Waals surface area contributed by atoms with Gasteiger partial charge >= 0.3 is 0 Å². The predicted octanol–water partition coefficient (Wildman–Crippen LogP) is 2.45. The fourth-order valence-corrected chi connectivity index (χ4v) is 2.63. The molecule has 24 heavy (non-hydrogen) atoms. The fraction of sp³-hybridized carbons (Fsp3) is 0.176. The topological polar surface area (TPSA) is 76.7 Å². The van der Waals surface area contributed by atoms with Crippen LogP contribution in [-0.4, -0.2) is 25.5 Å². The largest absolute Gasteiger partial charge is 0.496 e. The van der Waals surface area contributed by atoms with E-state index in [4.69, 9.17) is 9.47 Å². The van der Waals surface area contributed by atoms with Gasteiger partial charge in [-0.2, -0.15) is 0 Å². The highest BCUT2D eigenvalue weighted by atomic mass is 127. The Bertz CT molecular complexity index is 749. The first kappa shape index (κ1) is 18.1. The molecule has 0 heterocycles. The lowest BCUT2D eigenvalue weighted by molar-refractivity contribution is -0.123. The van der Waals surface area contributed by atoms with Gasteiger partial charge in [-0.05, 0) is 65.4 Å². The number of methoxy groups -OCH3 is 1. The molecule has 2 aromatic carbocycles. The van der Waals surface area contributed by atoms with Gasteiger partial charge in [-0.25, -0.2) is 0 Å². The molecule has 2 rings (SSSR count). The fourth-order valence-electron chi connectivity index (χ4n) is 1.90. The molecule has 2 amide bonds. The van der Waals surface area contributed by atoms with Crippen molar-refractivity contribution < 1.29 is 19.1 Å². The third kappa shape index (κ3) is 5.12. The van der Waals surface area contributed by atoms with Crippen molar-refractivity contribution in [3.05, 3.63) is 57.2 Å². The van der Waals surface area contributed by atoms with Gasteiger partial charge in [0.15, 0.2) is 6.61 Å². The van der Waals surface area contributed by atoms with Crippen LogP contribution in [-0.2, 0) is 4.79 Å². The summed E-state index contributed by atoms with van der Waals surface area (Å²) in [5.74, 6) is 0.413. The van der Waals surface area contributed by atoms with E-state index >= 15 is 0 Å². The zero-order valence-electron chi connectivity index (χ0n) is 13.3. The standard InChI is InChI=1S/C17H17IN2O4/c1-11-4-3-5-13(8-11)24-10-16(21)19-20-17(22)12-6-7-15(23-2)14(18)9-12/h3-9H,10H2,1-2H3,(H,19,21)(H,20,22). The molecular formula is C17H17IN2O4. The predicted molar refractivity (Wildman–Crippen MR) is 98.0 cm³/mol. The number of carbonyl (C=O) groups is 2. The van der Waals surface area contributed by atoms with Crippen LogP contribution in [0.1, 0.15) is 15.9 Å². The molecule has 0 fully saturated rings. The Morgan fingerprint density at radius 1 is 1.12 bits per heavy atom. The van der Waals surface area contributed by atoms with Gasteiger partial charge < -0.3 is 9.47 Å². The summed E-state index contributed by atoms with van der Waals surface area (Å²) in [4.78, 5) is 23.7. The molecule has 0 bridgehead atoms. The van der Waals surface area contributed by atoms with Crippen molar-refractivity contribution in [3.63, 3.8) is 0 Å². The molecule has 0 unspecified atom stereocenters. The third-order valence-electron chi connectivity index (χ3n) is 3.09. The molecule has 0 aliphatic rings. The molecule has 0 atom stereocenters. The van der Waals surface area contributed by atoms with Gasteiger partial charge in [-0.1, -0.05) is 12.1 Å². The highest BCUT2D eigenvalue weighted by Crippen LogP contribution is 2.21. The molecule has 126 valence electrons. The highest BCUT2D eigenvalue weighted by Gasteiger charge is 2.10. The van der Waals surface area contributed by atoms with Gasteiger partial charge in [0, 0.05) is 5.56 Å². The zero-order valence-corrected chi connectivity index (χ0v) is 15.4. The number of hydrazine groups is 1. The summed E-state index contributed by atoms with van der Waals surface area (Å²) >= 11 is 2.07. The van der Waals surface area contributed by atoms with Crippen molar-refractivity contribution in [1.29, 1.82) is 0 Å². The van der Waals surface area contributed by atoms with Crippen LogP contribution < -0.4 is 20.3 Å². The molecule has 2 N–H and O–H groups in total. The minimum Gasteiger partial charge on any atom is -0.496 e. The Labute approximate surface area is 153 Å². The summed E-state index contributed by atoms with van der Waals surface area (Å²) in [6, 6.07) is 12.3. The maximum atomic E-state index is 12.0. The average molecular weight is 440 g/mol. The second-order valence-corrected chi connectivity index (χ2v) is 6.12. The summed E-state index contributed by atoms with van der Waals surface area (Å²) in [5, 5.41) is 0. The van der Waals surface area contributed by atoms with E-state index in [1.165, 1.54) is 0 Å². The van der Waals surface area contributed by atoms with Crippen molar-refractivity contribution in [1.82, 2.24) is 10.9 Å². The second kappa shape index (κ2) is 8.53. The van der Waals surface area contributed by atoms with Gasteiger partial charge in [0.25, 0.3) is 11.8 Å². The Morgan fingerprint density at radius 3 is 2.58 bits per heavy atom. The molecule has 0 aliphatic carbocycles. The summed E-state index contributed by atoms with van der Waals surface area (Å²) in [6.07, 6.45) is 0. The van der Waals surface area contributed by atoms with E-state index in [-0.39, 0.29) is 6.61 Å². The summed E-state index contributed by atoms with van der Waals surface area (Å²) < 4.78 is 11.3. The zero-order chi connectivity index (χ0) is 17.5. The van der Waals surface area contributed by atoms with E-state index < -0.39 is 11.8 Å². The maximum absolute atomic E-state index is 12.0. The Kier molecular flexibility index (Phi) is 6.42. The number of amides is 2. The number of aryl methyl sites for hydroxylation is 1. The second-order valence-electron chi connectivity index (χ2n) is 4.96. The first-order chi connectivity index (χ1) is 11.5. The molecule has 6 nitrogen and oxygen atoms in total. The number of hydrogen-bond donors (Lipinski definition) is 2. The van der Waals surface area contributed by atoms with Crippen LogP contribution in [0.25, 0.3) is 0 Å². The lowest BCUT2D eigenvalue weighted by Gasteiger charge is -2.10. The first-order valence-corrected chi connectivity index (χ1v) is 8.19. The van der Waals surface area contributed by atoms with E-state index in [9.17, 15) is 9.59 Å². The first-order valence-electron chi connectivity index (χ1n) is 7.12. The average Bonchev–Trinajstić information content (AvgIpc) is 2.57. The number of halogens is 1. The number of nitrogens with one attached hydrogen (secondary N) is 2. The molecule has 7 heteroatoms. The highest BCUT2D eigenvalue weighted by molar-refractivity contribution is 14.1. The minimum atomic E-state index is -0.451. The van der Waals surface area contributed by atoms with Crippen LogP contribution >= 0.6 is 22.6 Å². The monoisotopic (exact) mass is 440 g/mol. The van der Waals surface area contributed by atoms with Gasteiger partial charge in [0.2, 0.25) is 0 Å². The normalized spacial score (nSPS) is 9.96. The van der Waals surface area contributed by atoms with Crippen molar-refractivity contribution in [3.8, 4) is 11.5 Å². The smallest absolute Gasteiger partial charge is 0.276 e. The van der Waals surface area contributed by atoms with Gasteiger partial charge in [-0.15, -0.1) is 0 Å². The third-order valence-corrected chi connectivity index (χ3v) is 3.93. The van der Waals surface area contributed by atoms with E-state index in [0.717, 1.165) is 9.13 Å². The molecule has 0 aliphatic heterocycles. The van der Waals surface area contributed by atoms with Crippen molar-refractivity contribution >= 4 is 34.4 Å². The lowest BCUT2D eigenvalue weighted by atomic mass is 10.2. The van der Waals surface area contributed by atoms with Crippen LogP contribution in [0.15, 0.2) is 42.5 Å². The van der Waals surface area contributed by atoms with Gasteiger partial charge in [-0.3, -0.25) is 20.4 Å². The minimum absolute atomic E-state index is 0.191.